The Morgan fingerprint density at radius 1 is 1.33 bits per heavy atom. The summed E-state index contributed by atoms with van der Waals surface area (Å²) >= 11 is 0. The van der Waals surface area contributed by atoms with Gasteiger partial charge in [-0.15, -0.1) is 0 Å². The van der Waals surface area contributed by atoms with Gasteiger partial charge in [-0.1, -0.05) is 12.1 Å². The summed E-state index contributed by atoms with van der Waals surface area (Å²) in [6.45, 7) is 4.55. The Kier molecular flexibility index (Phi) is 5.68. The van der Waals surface area contributed by atoms with Crippen molar-refractivity contribution in [3.8, 4) is 5.75 Å². The SMILES string of the molecule is COc1ccccc1NC(=O)CN1CC(O)C(N2CCOCC2)C1. The van der Waals surface area contributed by atoms with Crippen molar-refractivity contribution in [3.63, 3.8) is 0 Å². The first kappa shape index (κ1) is 17.2. The maximum absolute atomic E-state index is 12.3. The number of methoxy groups -OCH3 is 1. The summed E-state index contributed by atoms with van der Waals surface area (Å²) in [5.41, 5.74) is 0.662. The van der Waals surface area contributed by atoms with Gasteiger partial charge in [0.15, 0.2) is 0 Å². The minimum atomic E-state index is -0.429. The first-order valence-electron chi connectivity index (χ1n) is 8.32. The van der Waals surface area contributed by atoms with Crippen LogP contribution in [0.5, 0.6) is 5.75 Å². The van der Waals surface area contributed by atoms with Gasteiger partial charge in [0.1, 0.15) is 5.75 Å². The Morgan fingerprint density at radius 2 is 2.08 bits per heavy atom. The van der Waals surface area contributed by atoms with Crippen molar-refractivity contribution >= 4 is 11.6 Å². The number of ether oxygens (including phenoxy) is 2. The first-order chi connectivity index (χ1) is 11.7. The van der Waals surface area contributed by atoms with E-state index < -0.39 is 6.10 Å². The maximum Gasteiger partial charge on any atom is 0.238 e. The monoisotopic (exact) mass is 335 g/mol. The van der Waals surface area contributed by atoms with Gasteiger partial charge in [-0.25, -0.2) is 0 Å². The van der Waals surface area contributed by atoms with Crippen molar-refractivity contribution in [3.05, 3.63) is 24.3 Å². The van der Waals surface area contributed by atoms with E-state index in [-0.39, 0.29) is 18.5 Å². The minimum absolute atomic E-state index is 0.0768. The van der Waals surface area contributed by atoms with Gasteiger partial charge in [-0.2, -0.15) is 0 Å². The fourth-order valence-electron chi connectivity index (χ4n) is 3.38. The van der Waals surface area contributed by atoms with Crippen molar-refractivity contribution in [2.45, 2.75) is 12.1 Å². The Morgan fingerprint density at radius 3 is 2.83 bits per heavy atom. The van der Waals surface area contributed by atoms with E-state index in [2.05, 4.69) is 10.2 Å². The highest BCUT2D eigenvalue weighted by Gasteiger charge is 2.36. The van der Waals surface area contributed by atoms with Gasteiger partial charge in [0.05, 0.1) is 38.7 Å². The zero-order valence-corrected chi connectivity index (χ0v) is 14.0. The van der Waals surface area contributed by atoms with Gasteiger partial charge in [-0.3, -0.25) is 14.6 Å². The number of aliphatic hydroxyl groups excluding tert-OH is 1. The summed E-state index contributed by atoms with van der Waals surface area (Å²) in [5.74, 6) is 0.535. The van der Waals surface area contributed by atoms with Crippen molar-refractivity contribution in [2.75, 3.05) is 58.4 Å². The zero-order valence-electron chi connectivity index (χ0n) is 14.0. The molecule has 2 unspecified atom stereocenters. The Labute approximate surface area is 142 Å². The Hall–Kier alpha value is -1.67. The second-order valence-electron chi connectivity index (χ2n) is 6.23. The van der Waals surface area contributed by atoms with Crippen molar-refractivity contribution in [1.29, 1.82) is 0 Å². The van der Waals surface area contributed by atoms with Gasteiger partial charge in [-0.05, 0) is 12.1 Å². The molecule has 2 heterocycles. The van der Waals surface area contributed by atoms with Crippen LogP contribution in [-0.4, -0.2) is 86.0 Å². The summed E-state index contributed by atoms with van der Waals surface area (Å²) in [6.07, 6.45) is -0.429. The van der Waals surface area contributed by atoms with Crippen molar-refractivity contribution < 1.29 is 19.4 Å². The molecule has 0 aliphatic carbocycles. The number of aliphatic hydroxyl groups is 1. The van der Waals surface area contributed by atoms with Crippen LogP contribution in [0.3, 0.4) is 0 Å². The largest absolute Gasteiger partial charge is 0.495 e. The fraction of sp³-hybridized carbons (Fsp3) is 0.588. The number of nitrogens with one attached hydrogen (secondary N) is 1. The van der Waals surface area contributed by atoms with Crippen LogP contribution < -0.4 is 10.1 Å². The molecular weight excluding hydrogens is 310 g/mol. The second kappa shape index (κ2) is 7.94. The summed E-state index contributed by atoms with van der Waals surface area (Å²) in [6, 6.07) is 7.41. The predicted molar refractivity (Wildman–Crippen MR) is 90.3 cm³/mol. The van der Waals surface area contributed by atoms with Gasteiger partial charge in [0, 0.05) is 32.2 Å². The smallest absolute Gasteiger partial charge is 0.238 e. The number of anilines is 1. The standard InChI is InChI=1S/C17H25N3O4/c1-23-16-5-3-2-4-13(16)18-17(22)12-19-10-14(15(21)11-19)20-6-8-24-9-7-20/h2-5,14-15,21H,6-12H2,1H3,(H,18,22). The molecule has 7 nitrogen and oxygen atoms in total. The number of hydrogen-bond donors (Lipinski definition) is 2. The summed E-state index contributed by atoms with van der Waals surface area (Å²) in [4.78, 5) is 16.6. The lowest BCUT2D eigenvalue weighted by Gasteiger charge is -2.33. The van der Waals surface area contributed by atoms with Crippen LogP contribution in [0.15, 0.2) is 24.3 Å². The number of benzene rings is 1. The lowest BCUT2D eigenvalue weighted by Crippen LogP contribution is -2.49. The molecule has 0 bridgehead atoms. The van der Waals surface area contributed by atoms with E-state index in [0.29, 0.717) is 37.7 Å². The van der Waals surface area contributed by atoms with Crippen LogP contribution >= 0.6 is 0 Å². The number of β-amino-alcohol motifs (C(OH)–C–C–N with tert-alkyl or cyclic N) is 1. The summed E-state index contributed by atoms with van der Waals surface area (Å²) in [5, 5.41) is 13.2. The number of likely N-dealkylation sites (tertiary alicyclic amines) is 1. The van der Waals surface area contributed by atoms with E-state index in [4.69, 9.17) is 9.47 Å². The molecule has 1 amide bonds. The zero-order chi connectivity index (χ0) is 16.9. The molecule has 3 rings (SSSR count). The molecule has 7 heteroatoms. The molecule has 2 aliphatic rings. The van der Waals surface area contributed by atoms with Crippen LogP contribution in [0.25, 0.3) is 0 Å². The molecule has 1 aromatic rings. The quantitative estimate of drug-likeness (QED) is 0.790. The van der Waals surface area contributed by atoms with Crippen LogP contribution in [0.4, 0.5) is 5.69 Å². The molecule has 2 fully saturated rings. The van der Waals surface area contributed by atoms with E-state index >= 15 is 0 Å². The van der Waals surface area contributed by atoms with Crippen LogP contribution in [0.1, 0.15) is 0 Å². The van der Waals surface area contributed by atoms with E-state index in [9.17, 15) is 9.90 Å². The van der Waals surface area contributed by atoms with Gasteiger partial charge in [0.2, 0.25) is 5.91 Å². The number of carbonyl (C=O) groups excluding carboxylic acids is 1. The van der Waals surface area contributed by atoms with Gasteiger partial charge >= 0.3 is 0 Å². The molecule has 132 valence electrons. The molecule has 2 N–H and O–H groups in total. The highest BCUT2D eigenvalue weighted by Crippen LogP contribution is 2.23. The third-order valence-electron chi connectivity index (χ3n) is 4.60. The number of rotatable bonds is 5. The second-order valence-corrected chi connectivity index (χ2v) is 6.23. The first-order valence-corrected chi connectivity index (χ1v) is 8.32. The number of hydrogen-bond acceptors (Lipinski definition) is 6. The third kappa shape index (κ3) is 4.05. The van der Waals surface area contributed by atoms with E-state index in [0.717, 1.165) is 13.1 Å². The molecule has 1 aromatic carbocycles. The van der Waals surface area contributed by atoms with Crippen LogP contribution in [0, 0.1) is 0 Å². The molecule has 2 atom stereocenters. The molecule has 0 radical (unpaired) electrons. The predicted octanol–water partition coefficient (Wildman–Crippen LogP) is 0.0110. The van der Waals surface area contributed by atoms with Crippen LogP contribution in [-0.2, 0) is 9.53 Å². The highest BCUT2D eigenvalue weighted by molar-refractivity contribution is 5.93. The van der Waals surface area contributed by atoms with E-state index in [1.165, 1.54) is 0 Å². The molecule has 0 spiro atoms. The topological polar surface area (TPSA) is 74.3 Å². The number of carbonyl (C=O) groups is 1. The number of amides is 1. The van der Waals surface area contributed by atoms with Gasteiger partial charge in [0.25, 0.3) is 0 Å². The fourth-order valence-corrected chi connectivity index (χ4v) is 3.38. The molecule has 0 aromatic heterocycles. The average molecular weight is 335 g/mol. The Bertz CT molecular complexity index is 563. The molecule has 2 saturated heterocycles. The third-order valence-corrected chi connectivity index (χ3v) is 4.60. The molecule has 24 heavy (non-hydrogen) atoms. The number of nitrogens with zero attached hydrogens (tertiary/aromatic N) is 2. The van der Waals surface area contributed by atoms with E-state index in [1.54, 1.807) is 7.11 Å². The lowest BCUT2D eigenvalue weighted by atomic mass is 10.2. The maximum atomic E-state index is 12.3. The summed E-state index contributed by atoms with van der Waals surface area (Å²) < 4.78 is 10.6. The molecule has 0 saturated carbocycles. The average Bonchev–Trinajstić information content (AvgIpc) is 2.96. The molecular formula is C17H25N3O4. The van der Waals surface area contributed by atoms with Crippen molar-refractivity contribution in [2.24, 2.45) is 0 Å². The lowest BCUT2D eigenvalue weighted by molar-refractivity contribution is -0.117. The Balaban J connectivity index is 1.53. The molecule has 2 aliphatic heterocycles. The normalized spacial score (nSPS) is 25.6. The minimum Gasteiger partial charge on any atom is -0.495 e. The van der Waals surface area contributed by atoms with Crippen molar-refractivity contribution in [1.82, 2.24) is 9.80 Å². The number of morpholine rings is 1. The summed E-state index contributed by atoms with van der Waals surface area (Å²) in [7, 11) is 1.58. The van der Waals surface area contributed by atoms with E-state index in [1.807, 2.05) is 29.2 Å². The highest BCUT2D eigenvalue weighted by atomic mass is 16.5. The number of para-hydroxylation sites is 2. The van der Waals surface area contributed by atoms with Gasteiger partial charge < -0.3 is 19.9 Å². The van der Waals surface area contributed by atoms with Crippen LogP contribution in [0.2, 0.25) is 0 Å².